The number of aliphatic hydroxyl groups excluding tert-OH is 1. The van der Waals surface area contributed by atoms with Crippen LogP contribution in [0.2, 0.25) is 0 Å². The standard InChI is InChI=1S/C10H18N2O7/c13-4-3-11(5-9(15)16)1-2-12(6-10(17)18)7-19-8-14/h8,13H,1-7H2,(H,15,16)(H,17,18). The molecule has 110 valence electrons. The van der Waals surface area contributed by atoms with Gasteiger partial charge in [0.1, 0.15) is 6.73 Å². The molecule has 0 aliphatic heterocycles. The van der Waals surface area contributed by atoms with Crippen molar-refractivity contribution in [2.75, 3.05) is 46.1 Å². The first-order chi connectivity index (χ1) is 8.99. The van der Waals surface area contributed by atoms with E-state index in [0.717, 1.165) is 0 Å². The Kier molecular flexibility index (Phi) is 9.31. The van der Waals surface area contributed by atoms with Crippen LogP contribution in [0.5, 0.6) is 0 Å². The molecule has 0 spiro atoms. The second-order valence-electron chi connectivity index (χ2n) is 3.73. The minimum absolute atomic E-state index is 0.168. The molecule has 0 aromatic rings. The SMILES string of the molecule is O=COCN(CCN(CCO)CC(=O)O)CC(=O)O. The maximum Gasteiger partial charge on any atom is 0.317 e. The monoisotopic (exact) mass is 278 g/mol. The Labute approximate surface area is 110 Å². The van der Waals surface area contributed by atoms with Gasteiger partial charge in [0.2, 0.25) is 0 Å². The van der Waals surface area contributed by atoms with Gasteiger partial charge in [-0.2, -0.15) is 0 Å². The van der Waals surface area contributed by atoms with E-state index in [0.29, 0.717) is 0 Å². The molecule has 0 radical (unpaired) electrons. The highest BCUT2D eigenvalue weighted by Crippen LogP contribution is 1.93. The second-order valence-corrected chi connectivity index (χ2v) is 3.73. The normalized spacial score (nSPS) is 10.7. The lowest BCUT2D eigenvalue weighted by atomic mass is 10.4. The van der Waals surface area contributed by atoms with E-state index in [1.807, 2.05) is 0 Å². The summed E-state index contributed by atoms with van der Waals surface area (Å²) >= 11 is 0. The molecule has 0 amide bonds. The highest BCUT2D eigenvalue weighted by molar-refractivity contribution is 5.69. The van der Waals surface area contributed by atoms with Crippen LogP contribution in [0.4, 0.5) is 0 Å². The molecule has 9 nitrogen and oxygen atoms in total. The molecule has 3 N–H and O–H groups in total. The van der Waals surface area contributed by atoms with Crippen molar-refractivity contribution in [3.63, 3.8) is 0 Å². The summed E-state index contributed by atoms with van der Waals surface area (Å²) in [6.07, 6.45) is 0. The lowest BCUT2D eigenvalue weighted by molar-refractivity contribution is -0.144. The number of carbonyl (C=O) groups excluding carboxylic acids is 1. The lowest BCUT2D eigenvalue weighted by Gasteiger charge is -2.24. The maximum atomic E-state index is 10.6. The van der Waals surface area contributed by atoms with Crippen LogP contribution in [0.1, 0.15) is 0 Å². The van der Waals surface area contributed by atoms with Crippen molar-refractivity contribution < 1.29 is 34.4 Å². The number of aliphatic carboxylic acids is 2. The van der Waals surface area contributed by atoms with E-state index in [2.05, 4.69) is 4.74 Å². The summed E-state index contributed by atoms with van der Waals surface area (Å²) in [7, 11) is 0. The van der Waals surface area contributed by atoms with Gasteiger partial charge in [0.25, 0.3) is 6.47 Å². The molecule has 0 heterocycles. The molecule has 0 aromatic carbocycles. The minimum Gasteiger partial charge on any atom is -0.480 e. The van der Waals surface area contributed by atoms with Crippen LogP contribution in [0.25, 0.3) is 0 Å². The average Bonchev–Trinajstić information content (AvgIpc) is 2.31. The Morgan fingerprint density at radius 1 is 1.00 bits per heavy atom. The molecule has 0 rings (SSSR count). The molecule has 0 bridgehead atoms. The van der Waals surface area contributed by atoms with Gasteiger partial charge in [-0.1, -0.05) is 0 Å². The minimum atomic E-state index is -1.08. The van der Waals surface area contributed by atoms with Crippen LogP contribution in [-0.4, -0.2) is 89.6 Å². The van der Waals surface area contributed by atoms with Gasteiger partial charge >= 0.3 is 11.9 Å². The molecule has 0 unspecified atom stereocenters. The Morgan fingerprint density at radius 2 is 1.53 bits per heavy atom. The number of carboxylic acid groups (broad SMARTS) is 2. The van der Waals surface area contributed by atoms with Gasteiger partial charge in [-0.3, -0.25) is 24.2 Å². The highest BCUT2D eigenvalue weighted by atomic mass is 16.5. The van der Waals surface area contributed by atoms with E-state index in [-0.39, 0.29) is 52.5 Å². The van der Waals surface area contributed by atoms with Crippen LogP contribution >= 0.6 is 0 Å². The van der Waals surface area contributed by atoms with E-state index in [9.17, 15) is 14.4 Å². The van der Waals surface area contributed by atoms with Crippen molar-refractivity contribution in [3.05, 3.63) is 0 Å². The maximum absolute atomic E-state index is 10.6. The number of hydrogen-bond donors (Lipinski definition) is 3. The highest BCUT2D eigenvalue weighted by Gasteiger charge is 2.14. The van der Waals surface area contributed by atoms with Crippen molar-refractivity contribution in [2.45, 2.75) is 0 Å². The summed E-state index contributed by atoms with van der Waals surface area (Å²) in [5.74, 6) is -2.12. The molecular weight excluding hydrogens is 260 g/mol. The second kappa shape index (κ2) is 10.2. The Hall–Kier alpha value is -1.71. The molecule has 0 saturated heterocycles. The largest absolute Gasteiger partial charge is 0.480 e. The van der Waals surface area contributed by atoms with Crippen molar-refractivity contribution in [1.29, 1.82) is 0 Å². The molecule has 19 heavy (non-hydrogen) atoms. The van der Waals surface area contributed by atoms with Gasteiger partial charge in [-0.05, 0) is 0 Å². The molecule has 9 heteroatoms. The first-order valence-corrected chi connectivity index (χ1v) is 5.54. The summed E-state index contributed by atoms with van der Waals surface area (Å²) in [6.45, 7) is -0.147. The quantitative estimate of drug-likeness (QED) is 0.271. The van der Waals surface area contributed by atoms with Gasteiger partial charge < -0.3 is 20.1 Å². The van der Waals surface area contributed by atoms with Crippen LogP contribution in [0, 0.1) is 0 Å². The fourth-order valence-corrected chi connectivity index (χ4v) is 1.40. The number of rotatable bonds is 12. The van der Waals surface area contributed by atoms with Gasteiger partial charge in [-0.15, -0.1) is 0 Å². The van der Waals surface area contributed by atoms with Gasteiger partial charge in [0.15, 0.2) is 0 Å². The van der Waals surface area contributed by atoms with Crippen molar-refractivity contribution in [3.8, 4) is 0 Å². The third kappa shape index (κ3) is 9.94. The van der Waals surface area contributed by atoms with Crippen molar-refractivity contribution in [2.24, 2.45) is 0 Å². The zero-order valence-electron chi connectivity index (χ0n) is 10.4. The van der Waals surface area contributed by atoms with Gasteiger partial charge in [0.05, 0.1) is 19.7 Å². The van der Waals surface area contributed by atoms with E-state index >= 15 is 0 Å². The zero-order valence-corrected chi connectivity index (χ0v) is 10.4. The first kappa shape index (κ1) is 17.3. The fraction of sp³-hybridized carbons (Fsp3) is 0.700. The predicted octanol–water partition coefficient (Wildman–Crippen LogP) is -2.12. The molecular formula is C10H18N2O7. The number of carboxylic acids is 2. The zero-order chi connectivity index (χ0) is 14.7. The number of hydrogen-bond acceptors (Lipinski definition) is 7. The molecule has 0 aromatic heterocycles. The smallest absolute Gasteiger partial charge is 0.317 e. The van der Waals surface area contributed by atoms with Crippen molar-refractivity contribution >= 4 is 18.4 Å². The van der Waals surface area contributed by atoms with Crippen molar-refractivity contribution in [1.82, 2.24) is 9.80 Å². The third-order valence-corrected chi connectivity index (χ3v) is 2.19. The number of aliphatic hydroxyl groups is 1. The van der Waals surface area contributed by atoms with E-state index < -0.39 is 11.9 Å². The fourth-order valence-electron chi connectivity index (χ4n) is 1.40. The van der Waals surface area contributed by atoms with Gasteiger partial charge in [0, 0.05) is 19.6 Å². The van der Waals surface area contributed by atoms with Crippen LogP contribution < -0.4 is 0 Å². The lowest BCUT2D eigenvalue weighted by Crippen LogP contribution is -2.41. The Morgan fingerprint density at radius 3 is 2.00 bits per heavy atom. The molecule has 0 saturated carbocycles. The predicted molar refractivity (Wildman–Crippen MR) is 62.4 cm³/mol. The van der Waals surface area contributed by atoms with Crippen LogP contribution in [0.15, 0.2) is 0 Å². The third-order valence-electron chi connectivity index (χ3n) is 2.19. The Bertz CT molecular complexity index is 298. The van der Waals surface area contributed by atoms with Crippen LogP contribution in [0.3, 0.4) is 0 Å². The summed E-state index contributed by atoms with van der Waals surface area (Å²) in [6, 6.07) is 0. The summed E-state index contributed by atoms with van der Waals surface area (Å²) in [5, 5.41) is 26.1. The molecule has 0 aliphatic rings. The topological polar surface area (TPSA) is 128 Å². The number of carbonyl (C=O) groups is 3. The summed E-state index contributed by atoms with van der Waals surface area (Å²) < 4.78 is 4.47. The summed E-state index contributed by atoms with van der Waals surface area (Å²) in [4.78, 5) is 34.0. The van der Waals surface area contributed by atoms with E-state index in [4.69, 9.17) is 15.3 Å². The average molecular weight is 278 g/mol. The first-order valence-electron chi connectivity index (χ1n) is 5.54. The molecule has 0 aliphatic carbocycles. The molecule has 0 fully saturated rings. The number of nitrogens with zero attached hydrogens (tertiary/aromatic N) is 2. The number of ether oxygens (including phenoxy) is 1. The van der Waals surface area contributed by atoms with E-state index in [1.54, 1.807) is 0 Å². The van der Waals surface area contributed by atoms with Gasteiger partial charge in [-0.25, -0.2) is 0 Å². The van der Waals surface area contributed by atoms with E-state index in [1.165, 1.54) is 9.80 Å². The molecule has 0 atom stereocenters. The summed E-state index contributed by atoms with van der Waals surface area (Å²) in [5.41, 5.74) is 0. The van der Waals surface area contributed by atoms with Crippen LogP contribution in [-0.2, 0) is 19.1 Å². The Balaban J connectivity index is 4.25.